The van der Waals surface area contributed by atoms with Gasteiger partial charge in [0.2, 0.25) is 0 Å². The summed E-state index contributed by atoms with van der Waals surface area (Å²) in [5.74, 6) is 0.0832. The second kappa shape index (κ2) is 9.97. The molecular weight excluding hydrogens is 448 g/mol. The van der Waals surface area contributed by atoms with Gasteiger partial charge in [0.05, 0.1) is 31.4 Å². The summed E-state index contributed by atoms with van der Waals surface area (Å²) < 4.78 is 16.9. The lowest BCUT2D eigenvalue weighted by Crippen LogP contribution is -2.44. The molecular formula is C26H30N4O5. The number of morpholine rings is 1. The van der Waals surface area contributed by atoms with Crippen LogP contribution in [0.15, 0.2) is 51.7 Å². The number of amides is 1. The molecule has 2 aromatic carbocycles. The number of hydrogen-bond donors (Lipinski definition) is 1. The lowest BCUT2D eigenvalue weighted by molar-refractivity contribution is 0.0997. The van der Waals surface area contributed by atoms with E-state index < -0.39 is 5.91 Å². The minimum atomic E-state index is -0.469. The molecule has 0 bridgehead atoms. The van der Waals surface area contributed by atoms with E-state index in [1.807, 2.05) is 30.3 Å². The van der Waals surface area contributed by atoms with Crippen molar-refractivity contribution < 1.29 is 18.7 Å². The molecule has 1 N–H and O–H groups in total. The van der Waals surface area contributed by atoms with Gasteiger partial charge in [0.25, 0.3) is 5.91 Å². The first-order valence-corrected chi connectivity index (χ1v) is 11.9. The number of fused-ring (bicyclic) bond motifs is 1. The summed E-state index contributed by atoms with van der Waals surface area (Å²) in [6, 6.07) is 12.4. The molecule has 184 valence electrons. The molecule has 9 heteroatoms. The number of methoxy groups -OCH3 is 1. The lowest BCUT2D eigenvalue weighted by atomic mass is 10.1. The van der Waals surface area contributed by atoms with Gasteiger partial charge in [-0.25, -0.2) is 0 Å². The number of carbonyl (C=O) groups is 1. The molecule has 3 heterocycles. The summed E-state index contributed by atoms with van der Waals surface area (Å²) in [4.78, 5) is 32.7. The Kier molecular flexibility index (Phi) is 6.61. The Hall–Kier alpha value is -3.56. The fourth-order valence-electron chi connectivity index (χ4n) is 4.50. The van der Waals surface area contributed by atoms with E-state index in [-0.39, 0.29) is 11.2 Å². The van der Waals surface area contributed by atoms with Crippen molar-refractivity contribution >= 4 is 33.9 Å². The van der Waals surface area contributed by atoms with E-state index in [1.54, 1.807) is 13.2 Å². The third kappa shape index (κ3) is 4.96. The highest BCUT2D eigenvalue weighted by atomic mass is 16.5. The van der Waals surface area contributed by atoms with Gasteiger partial charge < -0.3 is 33.9 Å². The van der Waals surface area contributed by atoms with E-state index in [0.29, 0.717) is 35.6 Å². The average molecular weight is 479 g/mol. The minimum absolute atomic E-state index is 0.0275. The van der Waals surface area contributed by atoms with E-state index in [2.05, 4.69) is 27.1 Å². The molecule has 9 nitrogen and oxygen atoms in total. The number of ether oxygens (including phenoxy) is 2. The van der Waals surface area contributed by atoms with Crippen molar-refractivity contribution in [1.29, 1.82) is 0 Å². The Labute approximate surface area is 203 Å². The molecule has 0 aliphatic carbocycles. The van der Waals surface area contributed by atoms with Gasteiger partial charge in [-0.1, -0.05) is 0 Å². The molecule has 0 atom stereocenters. The molecule has 35 heavy (non-hydrogen) atoms. The Morgan fingerprint density at radius 3 is 2.34 bits per heavy atom. The third-order valence-corrected chi connectivity index (χ3v) is 6.59. The fraction of sp³-hybridized carbons (Fsp3) is 0.385. The van der Waals surface area contributed by atoms with E-state index in [1.165, 1.54) is 6.07 Å². The third-order valence-electron chi connectivity index (χ3n) is 6.59. The molecule has 0 radical (unpaired) electrons. The number of carbonyl (C=O) groups excluding carboxylic acids is 1. The van der Waals surface area contributed by atoms with Crippen molar-refractivity contribution in [2.24, 2.45) is 0 Å². The quantitative estimate of drug-likeness (QED) is 0.599. The molecule has 5 rings (SSSR count). The highest BCUT2D eigenvalue weighted by Crippen LogP contribution is 2.32. The van der Waals surface area contributed by atoms with Gasteiger partial charge in [0.1, 0.15) is 5.75 Å². The van der Waals surface area contributed by atoms with Gasteiger partial charge in [-0.2, -0.15) is 0 Å². The number of piperazine rings is 1. The van der Waals surface area contributed by atoms with Crippen LogP contribution in [0.3, 0.4) is 0 Å². The molecule has 0 unspecified atom stereocenters. The summed E-state index contributed by atoms with van der Waals surface area (Å²) in [6.07, 6.45) is 0. The normalized spacial score (nSPS) is 17.0. The molecule has 2 fully saturated rings. The van der Waals surface area contributed by atoms with Gasteiger partial charge >= 0.3 is 0 Å². The first kappa shape index (κ1) is 23.2. The molecule has 3 aromatic rings. The van der Waals surface area contributed by atoms with E-state index in [4.69, 9.17) is 13.9 Å². The standard InChI is InChI=1S/C26H30N4O5/c1-28-7-9-30(10-8-28)22-16-20(33-2)15-21-23(31)17-24(35-25(21)22)26(32)27-18-3-5-19(6-4-18)29-11-13-34-14-12-29/h3-6,15-17H,7-14H2,1-2H3,(H,27,32). The summed E-state index contributed by atoms with van der Waals surface area (Å²) in [5, 5.41) is 3.24. The number of rotatable bonds is 5. The van der Waals surface area contributed by atoms with Crippen LogP contribution in [0.4, 0.5) is 17.1 Å². The van der Waals surface area contributed by atoms with Crippen molar-refractivity contribution in [3.8, 4) is 5.75 Å². The highest BCUT2D eigenvalue weighted by molar-refractivity contribution is 6.03. The minimum Gasteiger partial charge on any atom is -0.497 e. The maximum atomic E-state index is 13.0. The van der Waals surface area contributed by atoms with E-state index in [9.17, 15) is 9.59 Å². The molecule has 0 saturated carbocycles. The van der Waals surface area contributed by atoms with Gasteiger partial charge in [-0.15, -0.1) is 0 Å². The van der Waals surface area contributed by atoms with Crippen LogP contribution in [0, 0.1) is 0 Å². The number of likely N-dealkylation sites (N-methyl/N-ethyl adjacent to an activating group) is 1. The Balaban J connectivity index is 1.42. The Morgan fingerprint density at radius 1 is 0.943 bits per heavy atom. The molecule has 2 aliphatic heterocycles. The zero-order valence-corrected chi connectivity index (χ0v) is 20.1. The Morgan fingerprint density at radius 2 is 1.66 bits per heavy atom. The molecule has 1 amide bonds. The topological polar surface area (TPSA) is 87.5 Å². The zero-order valence-electron chi connectivity index (χ0n) is 20.1. The summed E-state index contributed by atoms with van der Waals surface area (Å²) >= 11 is 0. The molecule has 2 saturated heterocycles. The molecule has 0 spiro atoms. The van der Waals surface area contributed by atoms with Crippen molar-refractivity contribution in [3.63, 3.8) is 0 Å². The smallest absolute Gasteiger partial charge is 0.291 e. The monoisotopic (exact) mass is 478 g/mol. The number of nitrogens with zero attached hydrogens (tertiary/aromatic N) is 3. The van der Waals surface area contributed by atoms with E-state index in [0.717, 1.165) is 50.6 Å². The SMILES string of the molecule is COc1cc(N2CCN(C)CC2)c2oc(C(=O)Nc3ccc(N4CCOCC4)cc3)cc(=O)c2c1. The number of benzene rings is 2. The summed E-state index contributed by atoms with van der Waals surface area (Å²) in [6.45, 7) is 6.46. The Bertz CT molecular complexity index is 1260. The van der Waals surface area contributed by atoms with Crippen LogP contribution in [-0.4, -0.2) is 77.4 Å². The van der Waals surface area contributed by atoms with Crippen molar-refractivity contribution in [2.45, 2.75) is 0 Å². The van der Waals surface area contributed by atoms with Crippen LogP contribution in [0.1, 0.15) is 10.6 Å². The van der Waals surface area contributed by atoms with Gasteiger partial charge in [0, 0.05) is 62.8 Å². The molecule has 2 aliphatic rings. The summed E-state index contributed by atoms with van der Waals surface area (Å²) in [5.41, 5.74) is 2.58. The first-order chi connectivity index (χ1) is 17.0. The van der Waals surface area contributed by atoms with Crippen LogP contribution in [0.5, 0.6) is 5.75 Å². The van der Waals surface area contributed by atoms with Crippen molar-refractivity contribution in [1.82, 2.24) is 4.90 Å². The van der Waals surface area contributed by atoms with E-state index >= 15 is 0 Å². The predicted molar refractivity (Wildman–Crippen MR) is 136 cm³/mol. The van der Waals surface area contributed by atoms with Crippen molar-refractivity contribution in [2.75, 3.05) is 81.8 Å². The number of anilines is 3. The van der Waals surface area contributed by atoms with Crippen LogP contribution in [0.25, 0.3) is 11.0 Å². The second-order valence-electron chi connectivity index (χ2n) is 8.89. The molecule has 1 aromatic heterocycles. The number of nitrogens with one attached hydrogen (secondary N) is 1. The zero-order chi connectivity index (χ0) is 24.4. The average Bonchev–Trinajstić information content (AvgIpc) is 2.89. The lowest BCUT2D eigenvalue weighted by Gasteiger charge is -2.34. The first-order valence-electron chi connectivity index (χ1n) is 11.9. The van der Waals surface area contributed by atoms with Gasteiger partial charge in [-0.3, -0.25) is 9.59 Å². The largest absolute Gasteiger partial charge is 0.497 e. The number of hydrogen-bond acceptors (Lipinski definition) is 8. The fourth-order valence-corrected chi connectivity index (χ4v) is 4.50. The highest BCUT2D eigenvalue weighted by Gasteiger charge is 2.22. The van der Waals surface area contributed by atoms with Crippen LogP contribution < -0.4 is 25.3 Å². The van der Waals surface area contributed by atoms with Crippen molar-refractivity contribution in [3.05, 3.63) is 58.4 Å². The van der Waals surface area contributed by atoms with Crippen LogP contribution in [-0.2, 0) is 4.74 Å². The maximum Gasteiger partial charge on any atom is 0.291 e. The summed E-state index contributed by atoms with van der Waals surface area (Å²) in [7, 11) is 3.65. The van der Waals surface area contributed by atoms with Crippen LogP contribution in [0.2, 0.25) is 0 Å². The second-order valence-corrected chi connectivity index (χ2v) is 8.89. The predicted octanol–water partition coefficient (Wildman–Crippen LogP) is 2.64. The van der Waals surface area contributed by atoms with Gasteiger partial charge in [-0.05, 0) is 37.4 Å². The van der Waals surface area contributed by atoms with Gasteiger partial charge in [0.15, 0.2) is 16.8 Å². The van der Waals surface area contributed by atoms with Crippen LogP contribution >= 0.6 is 0 Å². The maximum absolute atomic E-state index is 13.0.